The third-order valence-electron chi connectivity index (χ3n) is 2.61. The van der Waals surface area contributed by atoms with Gasteiger partial charge in [-0.25, -0.2) is 25.6 Å². The molecule has 2 N–H and O–H groups in total. The first-order chi connectivity index (χ1) is 10.6. The summed E-state index contributed by atoms with van der Waals surface area (Å²) in [6.07, 6.45) is 0.903. The highest BCUT2D eigenvalue weighted by Gasteiger charge is 2.19. The van der Waals surface area contributed by atoms with Crippen LogP contribution in [0.3, 0.4) is 0 Å². The van der Waals surface area contributed by atoms with Crippen molar-refractivity contribution in [3.05, 3.63) is 54.1 Å². The van der Waals surface area contributed by atoms with E-state index in [1.807, 2.05) is 0 Å². The maximum Gasteiger partial charge on any atom is 0.262 e. The van der Waals surface area contributed by atoms with Crippen LogP contribution in [-0.2, 0) is 20.0 Å². The molecule has 23 heavy (non-hydrogen) atoms. The van der Waals surface area contributed by atoms with Crippen LogP contribution >= 0.6 is 0 Å². The van der Waals surface area contributed by atoms with Gasteiger partial charge in [0.1, 0.15) is 11.6 Å². The quantitative estimate of drug-likeness (QED) is 0.852. The molecular formula is C13H12F2N2O4S2. The zero-order valence-corrected chi connectivity index (χ0v) is 13.4. The van der Waals surface area contributed by atoms with E-state index in [0.717, 1.165) is 6.26 Å². The van der Waals surface area contributed by atoms with Gasteiger partial charge in [-0.15, -0.1) is 0 Å². The summed E-state index contributed by atoms with van der Waals surface area (Å²) in [5.74, 6) is -2.10. The summed E-state index contributed by atoms with van der Waals surface area (Å²) >= 11 is 0. The van der Waals surface area contributed by atoms with Crippen molar-refractivity contribution >= 4 is 31.4 Å². The van der Waals surface area contributed by atoms with Gasteiger partial charge in [0.15, 0.2) is 0 Å². The summed E-state index contributed by atoms with van der Waals surface area (Å²) < 4.78 is 77.6. The van der Waals surface area contributed by atoms with Crippen LogP contribution in [0.1, 0.15) is 0 Å². The van der Waals surface area contributed by atoms with Gasteiger partial charge in [0, 0.05) is 6.07 Å². The van der Waals surface area contributed by atoms with Crippen molar-refractivity contribution in [3.8, 4) is 0 Å². The van der Waals surface area contributed by atoms with Crippen molar-refractivity contribution in [2.45, 2.75) is 4.90 Å². The van der Waals surface area contributed by atoms with Crippen molar-refractivity contribution in [1.29, 1.82) is 0 Å². The van der Waals surface area contributed by atoms with Crippen molar-refractivity contribution < 1.29 is 25.6 Å². The van der Waals surface area contributed by atoms with Gasteiger partial charge < -0.3 is 0 Å². The summed E-state index contributed by atoms with van der Waals surface area (Å²) in [5.41, 5.74) is -0.0990. The molecule has 2 aromatic carbocycles. The normalized spacial score (nSPS) is 12.0. The van der Waals surface area contributed by atoms with Gasteiger partial charge in [0.05, 0.1) is 22.5 Å². The SMILES string of the molecule is CS(=O)(=O)Nc1ccccc1NS(=O)(=O)c1cc(F)cc(F)c1. The molecular weight excluding hydrogens is 350 g/mol. The van der Waals surface area contributed by atoms with E-state index >= 15 is 0 Å². The maximum absolute atomic E-state index is 13.2. The van der Waals surface area contributed by atoms with E-state index in [4.69, 9.17) is 0 Å². The Morgan fingerprint density at radius 3 is 1.78 bits per heavy atom. The van der Waals surface area contributed by atoms with Gasteiger partial charge in [-0.1, -0.05) is 12.1 Å². The Morgan fingerprint density at radius 2 is 1.30 bits per heavy atom. The molecule has 0 aromatic heterocycles. The largest absolute Gasteiger partial charge is 0.282 e. The first-order valence-corrected chi connectivity index (χ1v) is 9.50. The van der Waals surface area contributed by atoms with Crippen molar-refractivity contribution in [1.82, 2.24) is 0 Å². The van der Waals surface area contributed by atoms with E-state index in [1.54, 1.807) is 0 Å². The lowest BCUT2D eigenvalue weighted by Crippen LogP contribution is -2.16. The minimum absolute atomic E-state index is 0.0181. The fraction of sp³-hybridized carbons (Fsp3) is 0.0769. The Hall–Kier alpha value is -2.20. The molecule has 2 rings (SSSR count). The number of nitrogens with one attached hydrogen (secondary N) is 2. The summed E-state index contributed by atoms with van der Waals surface area (Å²) in [6, 6.07) is 7.45. The number of anilines is 2. The smallest absolute Gasteiger partial charge is 0.262 e. The van der Waals surface area contributed by atoms with E-state index in [1.165, 1.54) is 24.3 Å². The summed E-state index contributed by atoms with van der Waals surface area (Å²) in [5, 5.41) is 0. The Balaban J connectivity index is 2.42. The molecule has 0 aliphatic heterocycles. The lowest BCUT2D eigenvalue weighted by molar-refractivity contribution is 0.568. The number of rotatable bonds is 5. The molecule has 124 valence electrons. The topological polar surface area (TPSA) is 92.3 Å². The zero-order valence-electron chi connectivity index (χ0n) is 11.7. The fourth-order valence-corrected chi connectivity index (χ4v) is 3.45. The highest BCUT2D eigenvalue weighted by atomic mass is 32.2. The van der Waals surface area contributed by atoms with Gasteiger partial charge in [-0.2, -0.15) is 0 Å². The first kappa shape index (κ1) is 17.2. The van der Waals surface area contributed by atoms with Crippen LogP contribution in [0.5, 0.6) is 0 Å². The second-order valence-electron chi connectivity index (χ2n) is 4.63. The van der Waals surface area contributed by atoms with E-state index in [9.17, 15) is 25.6 Å². The second-order valence-corrected chi connectivity index (χ2v) is 8.06. The molecule has 0 atom stereocenters. The van der Waals surface area contributed by atoms with Gasteiger partial charge in [0.25, 0.3) is 10.0 Å². The molecule has 0 bridgehead atoms. The zero-order chi connectivity index (χ0) is 17.3. The Morgan fingerprint density at radius 1 is 0.826 bits per heavy atom. The van der Waals surface area contributed by atoms with Gasteiger partial charge in [-0.3, -0.25) is 9.44 Å². The molecule has 6 nitrogen and oxygen atoms in total. The molecule has 0 heterocycles. The van der Waals surface area contributed by atoms with Crippen LogP contribution in [-0.4, -0.2) is 23.1 Å². The van der Waals surface area contributed by atoms with E-state index in [0.29, 0.717) is 18.2 Å². The molecule has 0 aliphatic carbocycles. The second kappa shape index (κ2) is 6.13. The third-order valence-corrected chi connectivity index (χ3v) is 4.55. The standard InChI is InChI=1S/C13H12F2N2O4S2/c1-22(18,19)16-12-4-2-3-5-13(12)17-23(20,21)11-7-9(14)6-10(15)8-11/h2-8,16-17H,1H3. The van der Waals surface area contributed by atoms with Crippen LogP contribution in [0.2, 0.25) is 0 Å². The molecule has 0 radical (unpaired) electrons. The Labute approximate surface area is 132 Å². The summed E-state index contributed by atoms with van der Waals surface area (Å²) in [7, 11) is -7.94. The van der Waals surface area contributed by atoms with Crippen molar-refractivity contribution in [2.75, 3.05) is 15.7 Å². The van der Waals surface area contributed by atoms with Crippen LogP contribution in [0.25, 0.3) is 0 Å². The monoisotopic (exact) mass is 362 g/mol. The van der Waals surface area contributed by atoms with Gasteiger partial charge in [-0.05, 0) is 24.3 Å². The highest BCUT2D eigenvalue weighted by molar-refractivity contribution is 7.93. The van der Waals surface area contributed by atoms with E-state index < -0.39 is 36.6 Å². The fourth-order valence-electron chi connectivity index (χ4n) is 1.75. The predicted molar refractivity (Wildman–Crippen MR) is 82.1 cm³/mol. The first-order valence-electron chi connectivity index (χ1n) is 6.12. The van der Waals surface area contributed by atoms with Gasteiger partial charge in [0.2, 0.25) is 10.0 Å². The predicted octanol–water partition coefficient (Wildman–Crippen LogP) is 2.14. The molecule has 0 fully saturated rings. The molecule has 0 spiro atoms. The third kappa shape index (κ3) is 4.63. The van der Waals surface area contributed by atoms with Crippen LogP contribution in [0.15, 0.2) is 47.4 Å². The number of hydrogen-bond donors (Lipinski definition) is 2. The average Bonchev–Trinajstić information content (AvgIpc) is 2.38. The van der Waals surface area contributed by atoms with Gasteiger partial charge >= 0.3 is 0 Å². The highest BCUT2D eigenvalue weighted by Crippen LogP contribution is 2.25. The lowest BCUT2D eigenvalue weighted by atomic mass is 10.3. The Bertz CT molecular complexity index is 924. The molecule has 0 saturated heterocycles. The van der Waals surface area contributed by atoms with Crippen molar-refractivity contribution in [2.24, 2.45) is 0 Å². The maximum atomic E-state index is 13.2. The number of sulfonamides is 2. The number of halogens is 2. The molecule has 10 heteroatoms. The van der Waals surface area contributed by atoms with E-state index in [-0.39, 0.29) is 11.4 Å². The molecule has 2 aromatic rings. The lowest BCUT2D eigenvalue weighted by Gasteiger charge is -2.13. The summed E-state index contributed by atoms with van der Waals surface area (Å²) in [6.45, 7) is 0. The Kier molecular flexibility index (Phi) is 4.57. The van der Waals surface area contributed by atoms with Crippen LogP contribution < -0.4 is 9.44 Å². The van der Waals surface area contributed by atoms with Crippen molar-refractivity contribution in [3.63, 3.8) is 0 Å². The summed E-state index contributed by atoms with van der Waals surface area (Å²) in [4.78, 5) is -0.621. The average molecular weight is 362 g/mol. The number of benzene rings is 2. The molecule has 0 amide bonds. The number of hydrogen-bond acceptors (Lipinski definition) is 4. The molecule has 0 saturated carbocycles. The minimum atomic E-state index is -4.30. The van der Waals surface area contributed by atoms with E-state index in [2.05, 4.69) is 9.44 Å². The number of para-hydroxylation sites is 2. The molecule has 0 aliphatic rings. The molecule has 0 unspecified atom stereocenters. The minimum Gasteiger partial charge on any atom is -0.282 e. The van der Waals surface area contributed by atoms with Crippen LogP contribution in [0, 0.1) is 11.6 Å². The van der Waals surface area contributed by atoms with Crippen LogP contribution in [0.4, 0.5) is 20.2 Å².